The smallest absolute Gasteiger partial charge is 0.310 e. The first-order chi connectivity index (χ1) is 16.7. The van der Waals surface area contributed by atoms with Crippen molar-refractivity contribution in [2.45, 2.75) is 6.42 Å². The zero-order chi connectivity index (χ0) is 25.2. The molecule has 3 N–H and O–H groups in total. The van der Waals surface area contributed by atoms with Crippen molar-refractivity contribution in [2.75, 3.05) is 34.1 Å². The lowest BCUT2D eigenvalue weighted by atomic mass is 10.0. The van der Waals surface area contributed by atoms with Crippen LogP contribution in [0.3, 0.4) is 0 Å². The van der Waals surface area contributed by atoms with Crippen molar-refractivity contribution in [1.29, 1.82) is 0 Å². The highest BCUT2D eigenvalue weighted by molar-refractivity contribution is 7.92. The van der Waals surface area contributed by atoms with E-state index in [0.29, 0.717) is 45.9 Å². The second kappa shape index (κ2) is 9.80. The van der Waals surface area contributed by atoms with Crippen molar-refractivity contribution >= 4 is 56.0 Å². The fraction of sp³-hybridized carbons (Fsp3) is 0.174. The van der Waals surface area contributed by atoms with Crippen molar-refractivity contribution in [2.24, 2.45) is 0 Å². The van der Waals surface area contributed by atoms with Crippen LogP contribution in [-0.2, 0) is 10.0 Å². The lowest BCUT2D eigenvalue weighted by Gasteiger charge is -2.13. The lowest BCUT2D eigenvalue weighted by Crippen LogP contribution is -2.17. The molecule has 0 saturated carbocycles. The average molecular weight is 517 g/mol. The van der Waals surface area contributed by atoms with Gasteiger partial charge in [-0.05, 0) is 60.0 Å². The van der Waals surface area contributed by atoms with Crippen molar-refractivity contribution < 1.29 is 22.9 Å². The molecule has 1 aliphatic heterocycles. The van der Waals surface area contributed by atoms with Crippen molar-refractivity contribution in [3.05, 3.63) is 70.3 Å². The van der Waals surface area contributed by atoms with Gasteiger partial charge >= 0.3 is 5.69 Å². The minimum absolute atomic E-state index is 0.111. The van der Waals surface area contributed by atoms with Crippen LogP contribution in [0.4, 0.5) is 28.4 Å². The maximum absolute atomic E-state index is 12.9. The highest BCUT2D eigenvalue weighted by atomic mass is 35.5. The minimum atomic E-state index is -3.57. The third-order valence-corrected chi connectivity index (χ3v) is 6.97. The van der Waals surface area contributed by atoms with E-state index in [0.717, 1.165) is 0 Å². The van der Waals surface area contributed by atoms with Crippen LogP contribution >= 0.6 is 11.6 Å². The van der Waals surface area contributed by atoms with Gasteiger partial charge < -0.3 is 15.4 Å². The monoisotopic (exact) mass is 516 g/mol. The molecule has 1 heterocycles. The van der Waals surface area contributed by atoms with E-state index in [-0.39, 0.29) is 29.0 Å². The zero-order valence-electron chi connectivity index (χ0n) is 18.5. The van der Waals surface area contributed by atoms with Crippen molar-refractivity contribution in [3.63, 3.8) is 0 Å². The van der Waals surface area contributed by atoms with Gasteiger partial charge in [0.25, 0.3) is 5.91 Å². The van der Waals surface area contributed by atoms with Gasteiger partial charge in [0, 0.05) is 11.9 Å². The highest BCUT2D eigenvalue weighted by Gasteiger charge is 2.22. The molecule has 0 spiro atoms. The number of nitrogens with zero attached hydrogens (tertiary/aromatic N) is 1. The van der Waals surface area contributed by atoms with E-state index in [9.17, 15) is 23.3 Å². The number of carbonyl (C=O) groups excluding carboxylic acids is 1. The molecule has 0 saturated heterocycles. The number of alkyl halides is 1. The first kappa shape index (κ1) is 24.3. The maximum atomic E-state index is 12.9. The Labute approximate surface area is 206 Å². The molecule has 0 bridgehead atoms. The number of halogens is 1. The number of nitrogens with one attached hydrogen (secondary N) is 3. The molecule has 1 aliphatic rings. The molecule has 0 unspecified atom stereocenters. The molecule has 0 aliphatic carbocycles. The number of methoxy groups -OCH3 is 1. The minimum Gasteiger partial charge on any atom is -0.490 e. The van der Waals surface area contributed by atoms with Crippen LogP contribution in [0.5, 0.6) is 5.75 Å². The van der Waals surface area contributed by atoms with E-state index in [1.807, 2.05) is 0 Å². The summed E-state index contributed by atoms with van der Waals surface area (Å²) in [5.74, 6) is -0.126. The van der Waals surface area contributed by atoms with Gasteiger partial charge in [0.15, 0.2) is 5.75 Å². The van der Waals surface area contributed by atoms with Crippen molar-refractivity contribution in [1.82, 2.24) is 0 Å². The summed E-state index contributed by atoms with van der Waals surface area (Å²) in [6.07, 6.45) is 0.318. The summed E-state index contributed by atoms with van der Waals surface area (Å²) >= 11 is 5.59. The second-order valence-electron chi connectivity index (χ2n) is 7.71. The van der Waals surface area contributed by atoms with E-state index in [2.05, 4.69) is 15.4 Å². The van der Waals surface area contributed by atoms with Gasteiger partial charge in [-0.1, -0.05) is 6.07 Å². The van der Waals surface area contributed by atoms with Gasteiger partial charge in [-0.15, -0.1) is 11.6 Å². The lowest BCUT2D eigenvalue weighted by molar-refractivity contribution is -0.385. The Morgan fingerprint density at radius 2 is 1.74 bits per heavy atom. The molecule has 0 fully saturated rings. The maximum Gasteiger partial charge on any atom is 0.310 e. The summed E-state index contributed by atoms with van der Waals surface area (Å²) in [5.41, 5.74) is 3.42. The molecule has 182 valence electrons. The SMILES string of the molecule is COc1cc(-c2ccc3c(c2)Nc2ccc(NS(=O)(=O)CCCCl)cc2NC3=O)ccc1[N+](=O)[O-]. The molecule has 3 aromatic carbocycles. The van der Waals surface area contributed by atoms with Gasteiger partial charge in [-0.25, -0.2) is 8.42 Å². The first-order valence-electron chi connectivity index (χ1n) is 10.5. The molecule has 10 nitrogen and oxygen atoms in total. The fourth-order valence-corrected chi connectivity index (χ4v) is 5.07. The van der Waals surface area contributed by atoms with Gasteiger partial charge in [-0.2, -0.15) is 0 Å². The summed E-state index contributed by atoms with van der Waals surface area (Å²) in [6, 6.07) is 14.4. The predicted molar refractivity (Wildman–Crippen MR) is 136 cm³/mol. The molecule has 35 heavy (non-hydrogen) atoms. The number of sulfonamides is 1. The molecule has 0 radical (unpaired) electrons. The quantitative estimate of drug-likeness (QED) is 0.218. The Kier molecular flexibility index (Phi) is 6.81. The molecule has 0 aromatic heterocycles. The Balaban J connectivity index is 1.65. The third-order valence-electron chi connectivity index (χ3n) is 5.33. The number of fused-ring (bicyclic) bond motifs is 2. The van der Waals surface area contributed by atoms with Crippen LogP contribution in [-0.4, -0.2) is 38.0 Å². The van der Waals surface area contributed by atoms with Crippen molar-refractivity contribution in [3.8, 4) is 16.9 Å². The van der Waals surface area contributed by atoms with Crippen LogP contribution in [0.2, 0.25) is 0 Å². The number of benzene rings is 3. The molecule has 12 heteroatoms. The summed E-state index contributed by atoms with van der Waals surface area (Å²) in [4.78, 5) is 23.5. The van der Waals surface area contributed by atoms with Crippen LogP contribution in [0.1, 0.15) is 16.8 Å². The zero-order valence-corrected chi connectivity index (χ0v) is 20.1. The standard InChI is InChI=1S/C23H21ClN4O6S/c1-34-22-12-15(4-8-21(22)28(30)31)14-3-6-17-19(11-14)25-18-7-5-16(13-20(18)26-23(17)29)27-35(32,33)10-2-9-24/h3-8,11-13,25,27H,2,9-10H2,1H3,(H,26,29). The Morgan fingerprint density at radius 1 is 1.00 bits per heavy atom. The predicted octanol–water partition coefficient (Wildman–Crippen LogP) is 4.95. The molecule has 1 amide bonds. The van der Waals surface area contributed by atoms with E-state index in [1.54, 1.807) is 42.5 Å². The van der Waals surface area contributed by atoms with Crippen LogP contribution in [0, 0.1) is 10.1 Å². The van der Waals surface area contributed by atoms with E-state index >= 15 is 0 Å². The number of amides is 1. The number of nitro groups is 1. The molecule has 0 atom stereocenters. The van der Waals surface area contributed by atoms with Gasteiger partial charge in [0.1, 0.15) is 0 Å². The van der Waals surface area contributed by atoms with E-state index < -0.39 is 14.9 Å². The fourth-order valence-electron chi connectivity index (χ4n) is 3.66. The van der Waals surface area contributed by atoms with Gasteiger partial charge in [0.05, 0.1) is 46.1 Å². The Morgan fingerprint density at radius 3 is 2.46 bits per heavy atom. The van der Waals surface area contributed by atoms with E-state index in [4.69, 9.17) is 16.3 Å². The number of carbonyl (C=O) groups is 1. The third kappa shape index (κ3) is 5.31. The van der Waals surface area contributed by atoms with Crippen LogP contribution in [0.15, 0.2) is 54.6 Å². The average Bonchev–Trinajstić information content (AvgIpc) is 2.96. The summed E-state index contributed by atoms with van der Waals surface area (Å²) < 4.78 is 32.0. The number of nitro benzene ring substituents is 1. The molecule has 4 rings (SSSR count). The molecular formula is C23H21ClN4O6S. The van der Waals surface area contributed by atoms with Gasteiger partial charge in [-0.3, -0.25) is 19.6 Å². The number of anilines is 4. The largest absolute Gasteiger partial charge is 0.490 e. The van der Waals surface area contributed by atoms with Crippen LogP contribution in [0.25, 0.3) is 11.1 Å². The van der Waals surface area contributed by atoms with Crippen LogP contribution < -0.4 is 20.1 Å². The normalized spacial score (nSPS) is 12.5. The number of ether oxygens (including phenoxy) is 1. The molecule has 3 aromatic rings. The highest BCUT2D eigenvalue weighted by Crippen LogP contribution is 2.38. The topological polar surface area (TPSA) is 140 Å². The summed E-state index contributed by atoms with van der Waals surface area (Å²) in [6.45, 7) is 0. The number of hydrogen-bond acceptors (Lipinski definition) is 7. The first-order valence-corrected chi connectivity index (χ1v) is 12.6. The number of rotatable bonds is 8. The van der Waals surface area contributed by atoms with Gasteiger partial charge in [0.2, 0.25) is 10.0 Å². The Bertz CT molecular complexity index is 1430. The number of hydrogen-bond donors (Lipinski definition) is 3. The summed E-state index contributed by atoms with van der Waals surface area (Å²) in [5, 5.41) is 17.2. The summed E-state index contributed by atoms with van der Waals surface area (Å²) in [7, 11) is -2.21. The van der Waals surface area contributed by atoms with E-state index in [1.165, 1.54) is 19.2 Å². The molecular weight excluding hydrogens is 496 g/mol. The Hall–Kier alpha value is -3.83. The second-order valence-corrected chi connectivity index (χ2v) is 9.93.